The van der Waals surface area contributed by atoms with Gasteiger partial charge < -0.3 is 15.8 Å². The average Bonchev–Trinajstić information content (AvgIpc) is 3.24. The summed E-state index contributed by atoms with van der Waals surface area (Å²) in [5.41, 5.74) is 6.66. The van der Waals surface area contributed by atoms with Crippen LogP contribution in [-0.4, -0.2) is 35.6 Å². The molecule has 0 radical (unpaired) electrons. The normalized spacial score (nSPS) is 16.6. The van der Waals surface area contributed by atoms with Crippen LogP contribution >= 0.6 is 0 Å². The Morgan fingerprint density at radius 2 is 1.63 bits per heavy atom. The van der Waals surface area contributed by atoms with Crippen molar-refractivity contribution in [2.75, 3.05) is 5.73 Å². The zero-order chi connectivity index (χ0) is 21.4. The Morgan fingerprint density at radius 1 is 1.00 bits per heavy atom. The summed E-state index contributed by atoms with van der Waals surface area (Å²) in [5, 5.41) is 2.88. The van der Waals surface area contributed by atoms with Crippen LogP contribution in [0, 0.1) is 0 Å². The number of amides is 1. The fourth-order valence-corrected chi connectivity index (χ4v) is 4.06. The van der Waals surface area contributed by atoms with Crippen molar-refractivity contribution < 1.29 is 23.9 Å². The van der Waals surface area contributed by atoms with E-state index in [9.17, 15) is 19.2 Å². The van der Waals surface area contributed by atoms with Crippen molar-refractivity contribution in [3.8, 4) is 0 Å². The van der Waals surface area contributed by atoms with E-state index in [1.165, 1.54) is 19.1 Å². The third kappa shape index (κ3) is 3.36. The van der Waals surface area contributed by atoms with Gasteiger partial charge in [-0.25, -0.2) is 4.79 Å². The number of nitrogen functional groups attached to an aromatic ring is 1. The molecule has 4 rings (SSSR count). The maximum atomic E-state index is 12.9. The third-order valence-corrected chi connectivity index (χ3v) is 5.71. The molecule has 1 amide bonds. The van der Waals surface area contributed by atoms with Crippen LogP contribution in [0.15, 0.2) is 36.4 Å². The van der Waals surface area contributed by atoms with Crippen molar-refractivity contribution in [1.29, 1.82) is 0 Å². The lowest BCUT2D eigenvalue weighted by Gasteiger charge is -2.21. The van der Waals surface area contributed by atoms with Gasteiger partial charge in [0.2, 0.25) is 0 Å². The Labute approximate surface area is 173 Å². The number of esters is 1. The van der Waals surface area contributed by atoms with Gasteiger partial charge in [0.15, 0.2) is 17.7 Å². The smallest absolute Gasteiger partial charge is 0.341 e. The van der Waals surface area contributed by atoms with E-state index < -0.39 is 17.9 Å². The Hall–Kier alpha value is -3.48. The van der Waals surface area contributed by atoms with Crippen LogP contribution in [0.1, 0.15) is 74.8 Å². The number of carbonyl (C=O) groups is 4. The fourth-order valence-electron chi connectivity index (χ4n) is 4.06. The molecule has 0 spiro atoms. The predicted molar refractivity (Wildman–Crippen MR) is 109 cm³/mol. The lowest BCUT2D eigenvalue weighted by atomic mass is 9.82. The molecule has 2 aromatic rings. The second-order valence-electron chi connectivity index (χ2n) is 7.69. The minimum atomic E-state index is -1.01. The highest BCUT2D eigenvalue weighted by Gasteiger charge is 2.33. The number of benzene rings is 2. The molecule has 30 heavy (non-hydrogen) atoms. The van der Waals surface area contributed by atoms with E-state index in [1.54, 1.807) is 24.3 Å². The van der Waals surface area contributed by atoms with Gasteiger partial charge in [-0.15, -0.1) is 0 Å². The van der Waals surface area contributed by atoms with Crippen molar-refractivity contribution in [1.82, 2.24) is 5.32 Å². The number of carbonyl (C=O) groups excluding carboxylic acids is 4. The molecular formula is C23H22N2O5. The van der Waals surface area contributed by atoms with Crippen LogP contribution in [0.5, 0.6) is 0 Å². The summed E-state index contributed by atoms with van der Waals surface area (Å²) in [5.74, 6) is -1.93. The van der Waals surface area contributed by atoms with Crippen LogP contribution in [0.3, 0.4) is 0 Å². The van der Waals surface area contributed by atoms with Gasteiger partial charge >= 0.3 is 5.97 Å². The molecule has 7 heteroatoms. The molecule has 154 valence electrons. The molecule has 7 nitrogen and oxygen atoms in total. The molecule has 0 unspecified atom stereocenters. The quantitative estimate of drug-likeness (QED) is 0.508. The number of hydrogen-bond donors (Lipinski definition) is 2. The van der Waals surface area contributed by atoms with E-state index in [4.69, 9.17) is 10.5 Å². The second kappa shape index (κ2) is 7.74. The van der Waals surface area contributed by atoms with Gasteiger partial charge in [-0.3, -0.25) is 14.4 Å². The van der Waals surface area contributed by atoms with E-state index >= 15 is 0 Å². The SMILES string of the molecule is C[C@H](OC(=O)c1ccc2c(c1N)C(=O)c1ccccc1C2=O)C(=O)NC1CCCC1. The molecule has 2 aliphatic rings. The largest absolute Gasteiger partial charge is 0.449 e. The van der Waals surface area contributed by atoms with Crippen molar-refractivity contribution in [3.05, 3.63) is 64.2 Å². The lowest BCUT2D eigenvalue weighted by Crippen LogP contribution is -2.41. The summed E-state index contributed by atoms with van der Waals surface area (Å²) in [6.45, 7) is 1.49. The molecule has 0 heterocycles. The molecule has 0 bridgehead atoms. The summed E-state index contributed by atoms with van der Waals surface area (Å²) in [4.78, 5) is 50.6. The monoisotopic (exact) mass is 406 g/mol. The minimum absolute atomic E-state index is 0.00351. The number of nitrogens with one attached hydrogen (secondary N) is 1. The Kier molecular flexibility index (Phi) is 5.11. The Balaban J connectivity index is 1.57. The number of fused-ring (bicyclic) bond motifs is 2. The number of rotatable bonds is 4. The van der Waals surface area contributed by atoms with Gasteiger partial charge in [-0.05, 0) is 31.9 Å². The molecule has 3 N–H and O–H groups in total. The third-order valence-electron chi connectivity index (χ3n) is 5.71. The van der Waals surface area contributed by atoms with Gasteiger partial charge in [0.25, 0.3) is 5.91 Å². The zero-order valence-corrected chi connectivity index (χ0v) is 16.6. The maximum Gasteiger partial charge on any atom is 0.341 e. The molecule has 0 saturated heterocycles. The molecule has 0 aromatic heterocycles. The van der Waals surface area contributed by atoms with E-state index in [1.807, 2.05) is 0 Å². The maximum absolute atomic E-state index is 12.9. The van der Waals surface area contributed by atoms with Gasteiger partial charge in [0.05, 0.1) is 16.8 Å². The van der Waals surface area contributed by atoms with E-state index in [0.29, 0.717) is 5.56 Å². The molecular weight excluding hydrogens is 384 g/mol. The summed E-state index contributed by atoms with van der Waals surface area (Å²) < 4.78 is 5.28. The van der Waals surface area contributed by atoms with Crippen molar-refractivity contribution in [3.63, 3.8) is 0 Å². The summed E-state index contributed by atoms with van der Waals surface area (Å²) in [6, 6.07) is 9.35. The summed E-state index contributed by atoms with van der Waals surface area (Å²) in [7, 11) is 0. The van der Waals surface area contributed by atoms with Crippen LogP contribution < -0.4 is 11.1 Å². The molecule has 1 saturated carbocycles. The average molecular weight is 406 g/mol. The standard InChI is InChI=1S/C23H22N2O5/c1-12(22(28)25-13-6-2-3-7-13)30-23(29)17-11-10-16-18(19(17)24)21(27)15-9-5-4-8-14(15)20(16)26/h4-5,8-13H,2-3,6-7,24H2,1H3,(H,25,28)/t12-/m0/s1. The number of anilines is 1. The number of nitrogens with two attached hydrogens (primary N) is 1. The minimum Gasteiger partial charge on any atom is -0.449 e. The lowest BCUT2D eigenvalue weighted by molar-refractivity contribution is -0.129. The molecule has 2 aromatic carbocycles. The highest BCUT2D eigenvalue weighted by atomic mass is 16.5. The van der Waals surface area contributed by atoms with Crippen molar-refractivity contribution in [2.24, 2.45) is 0 Å². The Morgan fingerprint density at radius 3 is 2.30 bits per heavy atom. The zero-order valence-electron chi connectivity index (χ0n) is 16.6. The Bertz CT molecular complexity index is 1070. The first-order chi connectivity index (χ1) is 14.4. The predicted octanol–water partition coefficient (Wildman–Crippen LogP) is 2.65. The van der Waals surface area contributed by atoms with E-state index in [0.717, 1.165) is 25.7 Å². The van der Waals surface area contributed by atoms with Crippen LogP contribution in [-0.2, 0) is 9.53 Å². The molecule has 0 aliphatic heterocycles. The highest BCUT2D eigenvalue weighted by Crippen LogP contribution is 2.33. The van der Waals surface area contributed by atoms with Crippen LogP contribution in [0.25, 0.3) is 0 Å². The van der Waals surface area contributed by atoms with Gasteiger partial charge in [-0.1, -0.05) is 37.1 Å². The van der Waals surface area contributed by atoms with Gasteiger partial charge in [-0.2, -0.15) is 0 Å². The molecule has 1 atom stereocenters. The van der Waals surface area contributed by atoms with Crippen molar-refractivity contribution in [2.45, 2.75) is 44.8 Å². The fraction of sp³-hybridized carbons (Fsp3) is 0.304. The van der Waals surface area contributed by atoms with Crippen LogP contribution in [0.4, 0.5) is 5.69 Å². The summed E-state index contributed by atoms with van der Waals surface area (Å²) in [6.07, 6.45) is 2.97. The first kappa shape index (κ1) is 19.8. The van der Waals surface area contributed by atoms with Gasteiger partial charge in [0, 0.05) is 22.7 Å². The molecule has 1 fully saturated rings. The van der Waals surface area contributed by atoms with Crippen LogP contribution in [0.2, 0.25) is 0 Å². The van der Waals surface area contributed by atoms with E-state index in [2.05, 4.69) is 5.32 Å². The number of ketones is 2. The van der Waals surface area contributed by atoms with Gasteiger partial charge in [0.1, 0.15) is 0 Å². The number of hydrogen-bond acceptors (Lipinski definition) is 6. The summed E-state index contributed by atoms with van der Waals surface area (Å²) >= 11 is 0. The number of ether oxygens (including phenoxy) is 1. The highest BCUT2D eigenvalue weighted by molar-refractivity contribution is 6.30. The van der Waals surface area contributed by atoms with E-state index in [-0.39, 0.29) is 45.7 Å². The topological polar surface area (TPSA) is 116 Å². The molecule has 2 aliphatic carbocycles. The first-order valence-electron chi connectivity index (χ1n) is 10.0. The second-order valence-corrected chi connectivity index (χ2v) is 7.69. The van der Waals surface area contributed by atoms with Crippen molar-refractivity contribution >= 4 is 29.1 Å². The first-order valence-corrected chi connectivity index (χ1v) is 10.0.